The first-order chi connectivity index (χ1) is 9.71. The molecule has 114 valence electrons. The maximum Gasteiger partial charge on any atom is 0.250 e. The molecular formula is C17H24O2SSi. The van der Waals surface area contributed by atoms with Crippen LogP contribution in [0.15, 0.2) is 41.1 Å². The Bertz CT molecular complexity index is 585. The van der Waals surface area contributed by atoms with E-state index in [4.69, 9.17) is 4.43 Å². The van der Waals surface area contributed by atoms with Gasteiger partial charge in [-0.2, -0.15) is 11.3 Å². The van der Waals surface area contributed by atoms with Crippen LogP contribution in [-0.4, -0.2) is 13.4 Å². The van der Waals surface area contributed by atoms with Crippen LogP contribution in [0.4, 0.5) is 0 Å². The normalized spacial score (nSPS) is 14.0. The Morgan fingerprint density at radius 1 is 1.14 bits per heavy atom. The van der Waals surface area contributed by atoms with Gasteiger partial charge >= 0.3 is 0 Å². The second kappa shape index (κ2) is 5.95. The molecule has 0 spiro atoms. The molecule has 0 fully saturated rings. The second-order valence-electron chi connectivity index (χ2n) is 6.89. The molecule has 1 unspecified atom stereocenters. The highest BCUT2D eigenvalue weighted by Gasteiger charge is 2.39. The van der Waals surface area contributed by atoms with Gasteiger partial charge in [0.25, 0.3) is 0 Å². The summed E-state index contributed by atoms with van der Waals surface area (Å²) in [5, 5.41) is 14.5. The van der Waals surface area contributed by atoms with Gasteiger partial charge in [-0.05, 0) is 58.2 Å². The molecule has 1 aromatic heterocycles. The van der Waals surface area contributed by atoms with Crippen molar-refractivity contribution in [3.05, 3.63) is 52.2 Å². The van der Waals surface area contributed by atoms with Gasteiger partial charge in [0.15, 0.2) is 0 Å². The number of thiophene rings is 1. The Morgan fingerprint density at radius 3 is 2.43 bits per heavy atom. The van der Waals surface area contributed by atoms with Crippen LogP contribution in [0.3, 0.4) is 0 Å². The van der Waals surface area contributed by atoms with E-state index < -0.39 is 14.4 Å². The van der Waals surface area contributed by atoms with E-state index in [9.17, 15) is 5.11 Å². The maximum absolute atomic E-state index is 10.4. The van der Waals surface area contributed by atoms with Gasteiger partial charge in [0.05, 0.1) is 0 Å². The zero-order valence-corrected chi connectivity index (χ0v) is 15.2. The van der Waals surface area contributed by atoms with Crippen LogP contribution in [-0.2, 0) is 0 Å². The molecule has 1 N–H and O–H groups in total. The Kier molecular flexibility index (Phi) is 4.61. The molecule has 0 radical (unpaired) electrons. The number of aliphatic hydroxyl groups is 1. The molecule has 0 aliphatic heterocycles. The van der Waals surface area contributed by atoms with Crippen molar-refractivity contribution in [3.63, 3.8) is 0 Å². The number of benzene rings is 1. The van der Waals surface area contributed by atoms with Crippen LogP contribution in [0.25, 0.3) is 0 Å². The topological polar surface area (TPSA) is 29.5 Å². The van der Waals surface area contributed by atoms with Crippen LogP contribution in [0.2, 0.25) is 18.1 Å². The molecule has 0 amide bonds. The third kappa shape index (κ3) is 3.76. The standard InChI is InChI=1S/C17H24O2SSi/c1-17(2,3)21(4,5)19-15-8-6-7-13(11-15)16(18)14-9-10-20-12-14/h6-12,16,18H,1-5H3. The van der Waals surface area contributed by atoms with Gasteiger partial charge in [-0.15, -0.1) is 0 Å². The zero-order chi connectivity index (χ0) is 15.7. The number of rotatable bonds is 4. The van der Waals surface area contributed by atoms with Crippen molar-refractivity contribution in [1.29, 1.82) is 0 Å². The Hall–Kier alpha value is -1.10. The van der Waals surface area contributed by atoms with Gasteiger partial charge in [-0.3, -0.25) is 0 Å². The third-order valence-corrected chi connectivity index (χ3v) is 9.27. The SMILES string of the molecule is CC(C)(C)[Si](C)(C)Oc1cccc(C(O)c2ccsc2)c1. The quantitative estimate of drug-likeness (QED) is 0.783. The van der Waals surface area contributed by atoms with Gasteiger partial charge in [0.1, 0.15) is 11.9 Å². The summed E-state index contributed by atoms with van der Waals surface area (Å²) in [6.07, 6.45) is -0.584. The van der Waals surface area contributed by atoms with Crippen molar-refractivity contribution >= 4 is 19.7 Å². The average molecular weight is 321 g/mol. The summed E-state index contributed by atoms with van der Waals surface area (Å²) in [6.45, 7) is 11.1. The lowest BCUT2D eigenvalue weighted by atomic mass is 10.0. The Labute approximate surface area is 132 Å². The van der Waals surface area contributed by atoms with Gasteiger partial charge in [0, 0.05) is 0 Å². The smallest absolute Gasteiger partial charge is 0.250 e. The summed E-state index contributed by atoms with van der Waals surface area (Å²) in [7, 11) is -1.85. The van der Waals surface area contributed by atoms with E-state index in [0.29, 0.717) is 0 Å². The highest BCUT2D eigenvalue weighted by molar-refractivity contribution is 7.08. The molecule has 1 atom stereocenters. The molecule has 4 heteroatoms. The van der Waals surface area contributed by atoms with E-state index in [1.54, 1.807) is 11.3 Å². The Balaban J connectivity index is 2.23. The lowest BCUT2D eigenvalue weighted by Crippen LogP contribution is -2.43. The fourth-order valence-corrected chi connectivity index (χ4v) is 3.52. The van der Waals surface area contributed by atoms with Gasteiger partial charge in [-0.1, -0.05) is 32.9 Å². The van der Waals surface area contributed by atoms with Crippen LogP contribution in [0, 0.1) is 0 Å². The van der Waals surface area contributed by atoms with E-state index in [1.165, 1.54) is 0 Å². The monoisotopic (exact) mass is 320 g/mol. The van der Waals surface area contributed by atoms with Crippen LogP contribution in [0.1, 0.15) is 38.0 Å². The van der Waals surface area contributed by atoms with E-state index in [1.807, 2.05) is 41.1 Å². The molecule has 2 nitrogen and oxygen atoms in total. The molecular weight excluding hydrogens is 296 g/mol. The van der Waals surface area contributed by atoms with Gasteiger partial charge in [0.2, 0.25) is 8.32 Å². The van der Waals surface area contributed by atoms with E-state index in [0.717, 1.165) is 16.9 Å². The fourth-order valence-electron chi connectivity index (χ4n) is 1.82. The molecule has 21 heavy (non-hydrogen) atoms. The first-order valence-corrected chi connectivity index (χ1v) is 11.0. The highest BCUT2D eigenvalue weighted by atomic mass is 32.1. The van der Waals surface area contributed by atoms with Crippen LogP contribution < -0.4 is 4.43 Å². The molecule has 0 saturated carbocycles. The zero-order valence-electron chi connectivity index (χ0n) is 13.4. The van der Waals surface area contributed by atoms with Crippen LogP contribution in [0.5, 0.6) is 5.75 Å². The minimum absolute atomic E-state index is 0.162. The maximum atomic E-state index is 10.4. The third-order valence-electron chi connectivity index (χ3n) is 4.21. The first kappa shape index (κ1) is 16.3. The molecule has 0 aliphatic carbocycles. The van der Waals surface area contributed by atoms with Gasteiger partial charge < -0.3 is 9.53 Å². The number of hydrogen-bond donors (Lipinski definition) is 1. The van der Waals surface area contributed by atoms with Crippen molar-refractivity contribution < 1.29 is 9.53 Å². The lowest BCUT2D eigenvalue weighted by molar-refractivity contribution is 0.220. The molecule has 1 aromatic carbocycles. The minimum Gasteiger partial charge on any atom is -0.543 e. The van der Waals surface area contributed by atoms with E-state index >= 15 is 0 Å². The van der Waals surface area contributed by atoms with Crippen molar-refractivity contribution in [1.82, 2.24) is 0 Å². The Morgan fingerprint density at radius 2 is 1.86 bits per heavy atom. The lowest BCUT2D eigenvalue weighted by Gasteiger charge is -2.36. The highest BCUT2D eigenvalue weighted by Crippen LogP contribution is 2.38. The van der Waals surface area contributed by atoms with Crippen molar-refractivity contribution in [2.75, 3.05) is 0 Å². The summed E-state index contributed by atoms with van der Waals surface area (Å²) >= 11 is 1.60. The molecule has 2 rings (SSSR count). The molecule has 0 bridgehead atoms. The summed E-state index contributed by atoms with van der Waals surface area (Å²) in [5.74, 6) is 0.855. The van der Waals surface area contributed by atoms with Crippen molar-refractivity contribution in [2.45, 2.75) is 45.0 Å². The summed E-state index contributed by atoms with van der Waals surface area (Å²) in [5.41, 5.74) is 1.81. The fraction of sp³-hybridized carbons (Fsp3) is 0.412. The molecule has 0 aliphatic rings. The van der Waals surface area contributed by atoms with Crippen LogP contribution >= 0.6 is 11.3 Å². The van der Waals surface area contributed by atoms with Crippen molar-refractivity contribution in [3.8, 4) is 5.75 Å². The number of aliphatic hydroxyl groups excluding tert-OH is 1. The largest absolute Gasteiger partial charge is 0.543 e. The number of hydrogen-bond acceptors (Lipinski definition) is 3. The molecule has 1 heterocycles. The van der Waals surface area contributed by atoms with Crippen molar-refractivity contribution in [2.24, 2.45) is 0 Å². The predicted molar refractivity (Wildman–Crippen MR) is 92.6 cm³/mol. The average Bonchev–Trinajstić information content (AvgIpc) is 2.90. The minimum atomic E-state index is -1.85. The van der Waals surface area contributed by atoms with E-state index in [2.05, 4.69) is 33.9 Å². The van der Waals surface area contributed by atoms with Gasteiger partial charge in [-0.25, -0.2) is 0 Å². The summed E-state index contributed by atoms with van der Waals surface area (Å²) < 4.78 is 6.30. The first-order valence-electron chi connectivity index (χ1n) is 7.20. The second-order valence-corrected chi connectivity index (χ2v) is 12.4. The molecule has 0 saturated heterocycles. The predicted octanol–water partition coefficient (Wildman–Crippen LogP) is 5.21. The van der Waals surface area contributed by atoms with E-state index in [-0.39, 0.29) is 5.04 Å². The molecule has 2 aromatic rings. The summed E-state index contributed by atoms with van der Waals surface area (Å²) in [4.78, 5) is 0. The summed E-state index contributed by atoms with van der Waals surface area (Å²) in [6, 6.07) is 9.79.